The fraction of sp³-hybridized carbons (Fsp3) is 0.308. The average Bonchev–Trinajstić information content (AvgIpc) is 3.39. The average molecular weight is 479 g/mol. The van der Waals surface area contributed by atoms with Crippen molar-refractivity contribution in [3.05, 3.63) is 75.4 Å². The minimum Gasteiger partial charge on any atom is -0.368 e. The van der Waals surface area contributed by atoms with Crippen molar-refractivity contribution in [1.29, 1.82) is 0 Å². The van der Waals surface area contributed by atoms with Crippen LogP contribution in [0.3, 0.4) is 0 Å². The summed E-state index contributed by atoms with van der Waals surface area (Å²) in [5, 5.41) is 2.80. The molecule has 1 fully saturated rings. The van der Waals surface area contributed by atoms with Gasteiger partial charge in [0.1, 0.15) is 0 Å². The highest BCUT2D eigenvalue weighted by Crippen LogP contribution is 2.27. The molecular weight excluding hydrogens is 452 g/mol. The van der Waals surface area contributed by atoms with Crippen molar-refractivity contribution in [2.45, 2.75) is 27.2 Å². The lowest BCUT2D eigenvalue weighted by molar-refractivity contribution is -0.130. The van der Waals surface area contributed by atoms with E-state index in [1.54, 1.807) is 11.3 Å². The number of aromatic nitrogens is 2. The predicted octanol–water partition coefficient (Wildman–Crippen LogP) is 5.53. The van der Waals surface area contributed by atoms with Gasteiger partial charge in [-0.2, -0.15) is 0 Å². The molecular formula is C26H27ClN4OS. The van der Waals surface area contributed by atoms with E-state index in [0.717, 1.165) is 58.8 Å². The summed E-state index contributed by atoms with van der Waals surface area (Å²) in [4.78, 5) is 23.1. The van der Waals surface area contributed by atoms with E-state index in [1.165, 1.54) is 16.7 Å². The molecule has 1 saturated heterocycles. The largest absolute Gasteiger partial charge is 0.368 e. The monoisotopic (exact) mass is 478 g/mol. The first-order chi connectivity index (χ1) is 15.9. The van der Waals surface area contributed by atoms with Crippen molar-refractivity contribution in [2.24, 2.45) is 0 Å². The molecule has 1 aliphatic rings. The highest BCUT2D eigenvalue weighted by Gasteiger charge is 2.23. The third kappa shape index (κ3) is 4.37. The van der Waals surface area contributed by atoms with Gasteiger partial charge in [0.2, 0.25) is 5.91 Å². The zero-order valence-corrected chi connectivity index (χ0v) is 20.7. The van der Waals surface area contributed by atoms with Gasteiger partial charge in [0, 0.05) is 59.7 Å². The number of nitrogens with zero attached hydrogens (tertiary/aromatic N) is 4. The van der Waals surface area contributed by atoms with Gasteiger partial charge >= 0.3 is 0 Å². The van der Waals surface area contributed by atoms with E-state index in [-0.39, 0.29) is 5.91 Å². The van der Waals surface area contributed by atoms with Gasteiger partial charge in [0.15, 0.2) is 4.96 Å². The standard InChI is InChI=1S/C26H27ClN4OS/c1-17-4-6-20(12-19(17)3)23-15-31-22(16-33-26(31)28-23)14-25(32)30-10-8-29(9-11-30)24-13-21(27)7-5-18(24)2/h4-7,12-13,15-16H,8-11,14H2,1-3H3. The smallest absolute Gasteiger partial charge is 0.228 e. The van der Waals surface area contributed by atoms with Crippen LogP contribution in [0.2, 0.25) is 5.02 Å². The number of piperazine rings is 1. The van der Waals surface area contributed by atoms with Gasteiger partial charge in [-0.15, -0.1) is 11.3 Å². The molecule has 33 heavy (non-hydrogen) atoms. The van der Waals surface area contributed by atoms with Crippen molar-refractivity contribution in [3.8, 4) is 11.3 Å². The molecule has 3 heterocycles. The van der Waals surface area contributed by atoms with Crippen LogP contribution in [0.4, 0.5) is 5.69 Å². The van der Waals surface area contributed by atoms with Gasteiger partial charge in [-0.25, -0.2) is 4.98 Å². The Kier molecular flexibility index (Phi) is 5.89. The maximum atomic E-state index is 13.1. The van der Waals surface area contributed by atoms with Crippen LogP contribution in [0.1, 0.15) is 22.4 Å². The maximum Gasteiger partial charge on any atom is 0.228 e. The number of hydrogen-bond donors (Lipinski definition) is 0. The molecule has 170 valence electrons. The molecule has 2 aromatic carbocycles. The van der Waals surface area contributed by atoms with Crippen molar-refractivity contribution >= 4 is 39.5 Å². The van der Waals surface area contributed by atoms with E-state index in [0.29, 0.717) is 6.42 Å². The van der Waals surface area contributed by atoms with E-state index < -0.39 is 0 Å². The minimum absolute atomic E-state index is 0.165. The number of hydrogen-bond acceptors (Lipinski definition) is 4. The molecule has 0 N–H and O–H groups in total. The highest BCUT2D eigenvalue weighted by molar-refractivity contribution is 7.15. The van der Waals surface area contributed by atoms with Crippen LogP contribution in [0.15, 0.2) is 48.0 Å². The second-order valence-electron chi connectivity index (χ2n) is 8.78. The first-order valence-electron chi connectivity index (χ1n) is 11.2. The zero-order chi connectivity index (χ0) is 23.1. The topological polar surface area (TPSA) is 40.9 Å². The third-order valence-corrected chi connectivity index (χ3v) is 7.69. The molecule has 0 bridgehead atoms. The number of carbonyl (C=O) groups is 1. The Balaban J connectivity index is 1.27. The lowest BCUT2D eigenvalue weighted by Gasteiger charge is -2.37. The van der Waals surface area contributed by atoms with Crippen LogP contribution in [-0.4, -0.2) is 46.4 Å². The van der Waals surface area contributed by atoms with Crippen molar-refractivity contribution in [3.63, 3.8) is 0 Å². The van der Waals surface area contributed by atoms with Crippen molar-refractivity contribution in [1.82, 2.24) is 14.3 Å². The lowest BCUT2D eigenvalue weighted by Crippen LogP contribution is -2.49. The Morgan fingerprint density at radius 2 is 1.76 bits per heavy atom. The van der Waals surface area contributed by atoms with Crippen molar-refractivity contribution in [2.75, 3.05) is 31.1 Å². The number of anilines is 1. The lowest BCUT2D eigenvalue weighted by atomic mass is 10.0. The molecule has 4 aromatic rings. The van der Waals surface area contributed by atoms with Gasteiger partial charge in [-0.3, -0.25) is 9.20 Å². The van der Waals surface area contributed by atoms with Gasteiger partial charge in [0.05, 0.1) is 12.1 Å². The summed E-state index contributed by atoms with van der Waals surface area (Å²) < 4.78 is 2.07. The zero-order valence-electron chi connectivity index (χ0n) is 19.1. The normalized spacial score (nSPS) is 14.3. The number of thiazole rings is 1. The summed E-state index contributed by atoms with van der Waals surface area (Å²) in [6, 6.07) is 12.4. The molecule has 0 aliphatic carbocycles. The third-order valence-electron chi connectivity index (χ3n) is 6.56. The van der Waals surface area contributed by atoms with Crippen LogP contribution in [0.5, 0.6) is 0 Å². The Hall–Kier alpha value is -2.83. The van der Waals surface area contributed by atoms with Crippen LogP contribution in [-0.2, 0) is 11.2 Å². The first kappa shape index (κ1) is 22.0. The minimum atomic E-state index is 0.165. The molecule has 2 aromatic heterocycles. The molecule has 0 spiro atoms. The molecule has 1 amide bonds. The van der Waals surface area contributed by atoms with Crippen molar-refractivity contribution < 1.29 is 4.79 Å². The number of carbonyl (C=O) groups excluding carboxylic acids is 1. The SMILES string of the molecule is Cc1ccc(-c2cn3c(CC(=O)N4CCN(c5cc(Cl)ccc5C)CC4)csc3n2)cc1C. The number of imidazole rings is 1. The fourth-order valence-electron chi connectivity index (χ4n) is 4.38. The molecule has 0 atom stereocenters. The van der Waals surface area contributed by atoms with Gasteiger partial charge < -0.3 is 9.80 Å². The summed E-state index contributed by atoms with van der Waals surface area (Å²) in [5.74, 6) is 0.165. The molecule has 0 saturated carbocycles. The Morgan fingerprint density at radius 3 is 2.52 bits per heavy atom. The van der Waals surface area contributed by atoms with E-state index in [9.17, 15) is 4.79 Å². The summed E-state index contributed by atoms with van der Waals surface area (Å²) in [5.41, 5.74) is 7.95. The summed E-state index contributed by atoms with van der Waals surface area (Å²) >= 11 is 7.79. The molecule has 0 unspecified atom stereocenters. The second kappa shape index (κ2) is 8.84. The van der Waals surface area contributed by atoms with E-state index >= 15 is 0 Å². The summed E-state index contributed by atoms with van der Waals surface area (Å²) in [6.07, 6.45) is 2.44. The number of benzene rings is 2. The van der Waals surface area contributed by atoms with Crippen LogP contribution >= 0.6 is 22.9 Å². The van der Waals surface area contributed by atoms with Gasteiger partial charge in [0.25, 0.3) is 0 Å². The number of amides is 1. The molecule has 7 heteroatoms. The van der Waals surface area contributed by atoms with E-state index in [4.69, 9.17) is 16.6 Å². The Morgan fingerprint density at radius 1 is 1.00 bits per heavy atom. The highest BCUT2D eigenvalue weighted by atomic mass is 35.5. The number of halogens is 1. The van der Waals surface area contributed by atoms with E-state index in [1.807, 2.05) is 23.1 Å². The van der Waals surface area contributed by atoms with E-state index in [2.05, 4.69) is 59.8 Å². The second-order valence-corrected chi connectivity index (χ2v) is 10.1. The maximum absolute atomic E-state index is 13.1. The van der Waals surface area contributed by atoms with Crippen LogP contribution in [0.25, 0.3) is 16.2 Å². The Bertz CT molecular complexity index is 1330. The van der Waals surface area contributed by atoms with Crippen LogP contribution in [0, 0.1) is 20.8 Å². The summed E-state index contributed by atoms with van der Waals surface area (Å²) in [7, 11) is 0. The predicted molar refractivity (Wildman–Crippen MR) is 137 cm³/mol. The molecule has 0 radical (unpaired) electrons. The Labute approximate surface area is 203 Å². The number of fused-ring (bicyclic) bond motifs is 1. The van der Waals surface area contributed by atoms with Crippen LogP contribution < -0.4 is 4.90 Å². The quantitative estimate of drug-likeness (QED) is 0.387. The molecule has 1 aliphatic heterocycles. The number of rotatable bonds is 4. The van der Waals surface area contributed by atoms with Gasteiger partial charge in [-0.05, 0) is 55.7 Å². The molecule has 5 rings (SSSR count). The summed E-state index contributed by atoms with van der Waals surface area (Å²) in [6.45, 7) is 9.40. The molecule has 5 nitrogen and oxygen atoms in total. The fourth-order valence-corrected chi connectivity index (χ4v) is 5.42. The van der Waals surface area contributed by atoms with Gasteiger partial charge in [-0.1, -0.05) is 29.8 Å². The first-order valence-corrected chi connectivity index (χ1v) is 12.5. The number of aryl methyl sites for hydroxylation is 3.